The minimum Gasteiger partial charge on any atom is -0.314 e. The SMILES string of the molecule is O=S(=O)(CCCNC1CC1)NCC(F)(F)C(F)F. The fourth-order valence-electron chi connectivity index (χ4n) is 1.21. The predicted octanol–water partition coefficient (Wildman–Crippen LogP) is 0.948. The molecule has 0 aromatic rings. The molecule has 9 heteroatoms. The van der Waals surface area contributed by atoms with Gasteiger partial charge >= 0.3 is 12.3 Å². The lowest BCUT2D eigenvalue weighted by atomic mass is 10.4. The molecule has 0 heterocycles. The molecule has 1 aliphatic rings. The van der Waals surface area contributed by atoms with Gasteiger partial charge < -0.3 is 5.32 Å². The fourth-order valence-corrected chi connectivity index (χ4v) is 2.29. The first-order valence-electron chi connectivity index (χ1n) is 5.60. The smallest absolute Gasteiger partial charge is 0.314 e. The molecule has 1 fully saturated rings. The Balaban J connectivity index is 2.21. The van der Waals surface area contributed by atoms with E-state index in [0.717, 1.165) is 12.8 Å². The Morgan fingerprint density at radius 3 is 2.39 bits per heavy atom. The molecular formula is C9H16F4N2O2S. The van der Waals surface area contributed by atoms with Crippen LogP contribution in [0.1, 0.15) is 19.3 Å². The third-order valence-corrected chi connectivity index (χ3v) is 3.86. The molecule has 18 heavy (non-hydrogen) atoms. The highest BCUT2D eigenvalue weighted by atomic mass is 32.2. The molecule has 0 unspecified atom stereocenters. The highest BCUT2D eigenvalue weighted by molar-refractivity contribution is 7.89. The van der Waals surface area contributed by atoms with Crippen molar-refractivity contribution in [3.05, 3.63) is 0 Å². The van der Waals surface area contributed by atoms with E-state index in [-0.39, 0.29) is 12.2 Å². The van der Waals surface area contributed by atoms with E-state index in [4.69, 9.17) is 0 Å². The number of rotatable bonds is 9. The van der Waals surface area contributed by atoms with Gasteiger partial charge in [-0.1, -0.05) is 0 Å². The van der Waals surface area contributed by atoms with E-state index >= 15 is 0 Å². The second kappa shape index (κ2) is 6.16. The Morgan fingerprint density at radius 1 is 1.28 bits per heavy atom. The molecule has 1 aliphatic carbocycles. The molecule has 0 spiro atoms. The molecule has 0 bridgehead atoms. The monoisotopic (exact) mass is 292 g/mol. The molecule has 0 atom stereocenters. The summed E-state index contributed by atoms with van der Waals surface area (Å²) in [5.41, 5.74) is 0. The van der Waals surface area contributed by atoms with Gasteiger partial charge in [-0.05, 0) is 25.8 Å². The summed E-state index contributed by atoms with van der Waals surface area (Å²) in [7, 11) is -3.93. The van der Waals surface area contributed by atoms with Gasteiger partial charge in [0, 0.05) is 6.04 Å². The highest BCUT2D eigenvalue weighted by Gasteiger charge is 2.41. The van der Waals surface area contributed by atoms with E-state index in [9.17, 15) is 26.0 Å². The standard InChI is InChI=1S/C9H16F4N2O2S/c10-8(11)9(12,13)6-15-18(16,17)5-1-4-14-7-2-3-7/h7-8,14-15H,1-6H2. The van der Waals surface area contributed by atoms with Crippen molar-refractivity contribution in [2.45, 2.75) is 37.7 Å². The second-order valence-electron chi connectivity index (χ2n) is 4.28. The normalized spacial score (nSPS) is 17.4. The van der Waals surface area contributed by atoms with Crippen molar-refractivity contribution in [3.63, 3.8) is 0 Å². The van der Waals surface area contributed by atoms with Crippen LogP contribution in [0.5, 0.6) is 0 Å². The van der Waals surface area contributed by atoms with Crippen LogP contribution < -0.4 is 10.0 Å². The minimum absolute atomic E-state index is 0.256. The van der Waals surface area contributed by atoms with Crippen LogP contribution in [0.3, 0.4) is 0 Å². The molecular weight excluding hydrogens is 276 g/mol. The van der Waals surface area contributed by atoms with Crippen LogP contribution in [-0.4, -0.2) is 45.6 Å². The maximum Gasteiger partial charge on any atom is 0.320 e. The number of nitrogens with one attached hydrogen (secondary N) is 2. The van der Waals surface area contributed by atoms with Gasteiger partial charge in [-0.25, -0.2) is 21.9 Å². The number of sulfonamides is 1. The van der Waals surface area contributed by atoms with Gasteiger partial charge in [0.05, 0.1) is 12.3 Å². The Bertz CT molecular complexity index is 358. The zero-order chi connectivity index (χ0) is 13.8. The Labute approximate surface area is 103 Å². The summed E-state index contributed by atoms with van der Waals surface area (Å²) < 4.78 is 72.6. The topological polar surface area (TPSA) is 58.2 Å². The molecule has 108 valence electrons. The van der Waals surface area contributed by atoms with Gasteiger partial charge in [-0.15, -0.1) is 0 Å². The van der Waals surface area contributed by atoms with Crippen LogP contribution in [-0.2, 0) is 10.0 Å². The highest BCUT2D eigenvalue weighted by Crippen LogP contribution is 2.21. The van der Waals surface area contributed by atoms with Crippen molar-refractivity contribution >= 4 is 10.0 Å². The minimum atomic E-state index is -4.33. The molecule has 0 radical (unpaired) electrons. The number of halogens is 4. The number of alkyl halides is 4. The van der Waals surface area contributed by atoms with Gasteiger partial charge in [-0.2, -0.15) is 8.78 Å². The van der Waals surface area contributed by atoms with Crippen molar-refractivity contribution < 1.29 is 26.0 Å². The predicted molar refractivity (Wildman–Crippen MR) is 58.4 cm³/mol. The third kappa shape index (κ3) is 5.96. The Kier molecular flexibility index (Phi) is 5.35. The van der Waals surface area contributed by atoms with Gasteiger partial charge in [0.2, 0.25) is 10.0 Å². The lowest BCUT2D eigenvalue weighted by molar-refractivity contribution is -0.122. The van der Waals surface area contributed by atoms with Gasteiger partial charge in [0.1, 0.15) is 0 Å². The van der Waals surface area contributed by atoms with E-state index in [2.05, 4.69) is 5.32 Å². The van der Waals surface area contributed by atoms with Crippen molar-refractivity contribution in [3.8, 4) is 0 Å². The summed E-state index contributed by atoms with van der Waals surface area (Å²) in [5.74, 6) is -4.69. The first-order chi connectivity index (χ1) is 8.23. The average molecular weight is 292 g/mol. The van der Waals surface area contributed by atoms with E-state index < -0.39 is 28.9 Å². The lowest BCUT2D eigenvalue weighted by Gasteiger charge is -2.15. The van der Waals surface area contributed by atoms with Crippen LogP contribution in [0, 0.1) is 0 Å². The molecule has 4 nitrogen and oxygen atoms in total. The van der Waals surface area contributed by atoms with Crippen molar-refractivity contribution in [1.29, 1.82) is 0 Å². The second-order valence-corrected chi connectivity index (χ2v) is 6.21. The van der Waals surface area contributed by atoms with Crippen LogP contribution in [0.25, 0.3) is 0 Å². The quantitative estimate of drug-likeness (QED) is 0.491. The summed E-state index contributed by atoms with van der Waals surface area (Å²) in [4.78, 5) is 0. The largest absolute Gasteiger partial charge is 0.320 e. The van der Waals surface area contributed by atoms with E-state index in [1.54, 1.807) is 0 Å². The first-order valence-corrected chi connectivity index (χ1v) is 7.25. The summed E-state index contributed by atoms with van der Waals surface area (Å²) in [6.45, 7) is -1.10. The third-order valence-electron chi connectivity index (χ3n) is 2.45. The fraction of sp³-hybridized carbons (Fsp3) is 1.00. The molecule has 2 N–H and O–H groups in total. The maximum absolute atomic E-state index is 12.5. The molecule has 0 amide bonds. The number of hydrogen-bond acceptors (Lipinski definition) is 3. The summed E-state index contributed by atoms with van der Waals surface area (Å²) in [5, 5.41) is 3.06. The van der Waals surface area contributed by atoms with E-state index in [0.29, 0.717) is 12.6 Å². The molecule has 1 saturated carbocycles. The Morgan fingerprint density at radius 2 is 1.89 bits per heavy atom. The summed E-state index contributed by atoms with van der Waals surface area (Å²) in [6.07, 6.45) is -1.50. The molecule has 1 rings (SSSR count). The molecule has 0 aromatic carbocycles. The summed E-state index contributed by atoms with van der Waals surface area (Å²) >= 11 is 0. The first kappa shape index (κ1) is 15.6. The zero-order valence-electron chi connectivity index (χ0n) is 9.63. The number of hydrogen-bond donors (Lipinski definition) is 2. The lowest BCUT2D eigenvalue weighted by Crippen LogP contribution is -2.42. The van der Waals surface area contributed by atoms with Crippen LogP contribution in [0.15, 0.2) is 0 Å². The van der Waals surface area contributed by atoms with E-state index in [1.807, 2.05) is 0 Å². The summed E-state index contributed by atoms with van der Waals surface area (Å²) in [6, 6.07) is 0.434. The van der Waals surface area contributed by atoms with Crippen LogP contribution >= 0.6 is 0 Å². The van der Waals surface area contributed by atoms with Gasteiger partial charge in [0.25, 0.3) is 0 Å². The van der Waals surface area contributed by atoms with Crippen molar-refractivity contribution in [2.75, 3.05) is 18.8 Å². The molecule has 0 aliphatic heterocycles. The van der Waals surface area contributed by atoms with Crippen LogP contribution in [0.4, 0.5) is 17.6 Å². The van der Waals surface area contributed by atoms with E-state index in [1.165, 1.54) is 4.72 Å². The molecule has 0 aromatic heterocycles. The van der Waals surface area contributed by atoms with Crippen molar-refractivity contribution in [1.82, 2.24) is 10.0 Å². The van der Waals surface area contributed by atoms with Crippen molar-refractivity contribution in [2.24, 2.45) is 0 Å². The average Bonchev–Trinajstić information content (AvgIpc) is 3.06. The zero-order valence-corrected chi connectivity index (χ0v) is 10.5. The molecule has 0 saturated heterocycles. The Hall–Kier alpha value is -0.410. The maximum atomic E-state index is 12.5. The van der Waals surface area contributed by atoms with Gasteiger partial charge in [0.15, 0.2) is 0 Å². The van der Waals surface area contributed by atoms with Gasteiger partial charge in [-0.3, -0.25) is 0 Å². The van der Waals surface area contributed by atoms with Crippen LogP contribution in [0.2, 0.25) is 0 Å².